The van der Waals surface area contributed by atoms with Crippen LogP contribution in [0.1, 0.15) is 54.4 Å². The van der Waals surface area contributed by atoms with E-state index in [1.54, 1.807) is 20.8 Å². The number of carbonyl (C=O) groups excluding carboxylic acids is 2. The SMILES string of the molecule is CC(C)(C)OC(=O)N[C@@H]1CCCN1C(=O)OC(C)(C)C. The fraction of sp³-hybridized carbons (Fsp3) is 0.857. The molecular formula is C14H26N2O4. The fourth-order valence-corrected chi connectivity index (χ4v) is 1.90. The molecule has 1 saturated heterocycles. The number of nitrogens with one attached hydrogen (secondary N) is 1. The Kier molecular flexibility index (Phi) is 4.89. The Balaban J connectivity index is 2.57. The molecule has 0 radical (unpaired) electrons. The number of hydrogen-bond donors (Lipinski definition) is 1. The summed E-state index contributed by atoms with van der Waals surface area (Å²) in [6.07, 6.45) is 0.256. The molecule has 1 heterocycles. The molecule has 1 aliphatic heterocycles. The van der Waals surface area contributed by atoms with Gasteiger partial charge in [0.2, 0.25) is 0 Å². The normalized spacial score (nSPS) is 19.7. The minimum absolute atomic E-state index is 0.361. The van der Waals surface area contributed by atoms with Crippen LogP contribution in [-0.4, -0.2) is 41.0 Å². The van der Waals surface area contributed by atoms with Gasteiger partial charge in [0.05, 0.1) is 0 Å². The maximum absolute atomic E-state index is 12.0. The summed E-state index contributed by atoms with van der Waals surface area (Å²) in [5.74, 6) is 0. The smallest absolute Gasteiger partial charge is 0.411 e. The molecule has 2 amide bonds. The number of hydrogen-bond acceptors (Lipinski definition) is 4. The Morgan fingerprint density at radius 3 is 2.10 bits per heavy atom. The molecule has 0 spiro atoms. The summed E-state index contributed by atoms with van der Waals surface area (Å²) >= 11 is 0. The third-order valence-corrected chi connectivity index (χ3v) is 2.56. The lowest BCUT2D eigenvalue weighted by atomic mass is 10.2. The quantitative estimate of drug-likeness (QED) is 0.804. The van der Waals surface area contributed by atoms with Crippen molar-refractivity contribution in [3.05, 3.63) is 0 Å². The third-order valence-electron chi connectivity index (χ3n) is 2.56. The first kappa shape index (κ1) is 16.6. The molecule has 1 fully saturated rings. The van der Waals surface area contributed by atoms with E-state index in [1.807, 2.05) is 20.8 Å². The minimum Gasteiger partial charge on any atom is -0.444 e. The predicted molar refractivity (Wildman–Crippen MR) is 75.3 cm³/mol. The highest BCUT2D eigenvalue weighted by atomic mass is 16.6. The van der Waals surface area contributed by atoms with E-state index in [4.69, 9.17) is 9.47 Å². The number of nitrogens with zero attached hydrogens (tertiary/aromatic N) is 1. The molecule has 6 nitrogen and oxygen atoms in total. The van der Waals surface area contributed by atoms with Gasteiger partial charge in [-0.2, -0.15) is 0 Å². The maximum Gasteiger partial charge on any atom is 0.411 e. The van der Waals surface area contributed by atoms with Gasteiger partial charge in [0, 0.05) is 6.54 Å². The lowest BCUT2D eigenvalue weighted by Crippen LogP contribution is -2.49. The van der Waals surface area contributed by atoms with E-state index >= 15 is 0 Å². The van der Waals surface area contributed by atoms with Gasteiger partial charge in [-0.3, -0.25) is 4.90 Å². The Labute approximate surface area is 120 Å². The second-order valence-electron chi connectivity index (χ2n) is 6.98. The average molecular weight is 286 g/mol. The van der Waals surface area contributed by atoms with Crippen LogP contribution in [0, 0.1) is 0 Å². The molecule has 0 bridgehead atoms. The summed E-state index contributed by atoms with van der Waals surface area (Å²) in [6, 6.07) is 0. The topological polar surface area (TPSA) is 67.9 Å². The van der Waals surface area contributed by atoms with Crippen LogP contribution in [-0.2, 0) is 9.47 Å². The summed E-state index contributed by atoms with van der Waals surface area (Å²) in [7, 11) is 0. The average Bonchev–Trinajstić information content (AvgIpc) is 2.59. The third kappa shape index (κ3) is 5.67. The van der Waals surface area contributed by atoms with E-state index in [9.17, 15) is 9.59 Å². The van der Waals surface area contributed by atoms with Crippen LogP contribution in [0.15, 0.2) is 0 Å². The largest absolute Gasteiger partial charge is 0.444 e. The Morgan fingerprint density at radius 1 is 1.05 bits per heavy atom. The van der Waals surface area contributed by atoms with Gasteiger partial charge < -0.3 is 14.8 Å². The van der Waals surface area contributed by atoms with Gasteiger partial charge >= 0.3 is 12.2 Å². The highest BCUT2D eigenvalue weighted by Crippen LogP contribution is 2.19. The summed E-state index contributed by atoms with van der Waals surface area (Å²) in [4.78, 5) is 25.3. The molecular weight excluding hydrogens is 260 g/mol. The molecule has 1 atom stereocenters. The molecule has 0 aromatic carbocycles. The fourth-order valence-electron chi connectivity index (χ4n) is 1.90. The molecule has 116 valence electrons. The van der Waals surface area contributed by atoms with Crippen molar-refractivity contribution in [3.63, 3.8) is 0 Å². The van der Waals surface area contributed by atoms with Gasteiger partial charge in [0.1, 0.15) is 17.4 Å². The molecule has 6 heteroatoms. The van der Waals surface area contributed by atoms with Crippen molar-refractivity contribution in [1.82, 2.24) is 10.2 Å². The summed E-state index contributed by atoms with van der Waals surface area (Å²) in [6.45, 7) is 11.4. The maximum atomic E-state index is 12.0. The zero-order valence-corrected chi connectivity index (χ0v) is 13.3. The second kappa shape index (κ2) is 5.89. The van der Waals surface area contributed by atoms with Crippen molar-refractivity contribution in [2.75, 3.05) is 6.54 Å². The molecule has 1 aliphatic rings. The van der Waals surface area contributed by atoms with Crippen LogP contribution in [0.3, 0.4) is 0 Å². The zero-order chi connectivity index (χ0) is 15.6. The lowest BCUT2D eigenvalue weighted by molar-refractivity contribution is 0.0162. The number of ether oxygens (including phenoxy) is 2. The van der Waals surface area contributed by atoms with Crippen LogP contribution in [0.2, 0.25) is 0 Å². The number of alkyl carbamates (subject to hydrolysis) is 1. The van der Waals surface area contributed by atoms with Crippen molar-refractivity contribution >= 4 is 12.2 Å². The van der Waals surface area contributed by atoms with Crippen LogP contribution in [0.5, 0.6) is 0 Å². The molecule has 0 saturated carbocycles. The van der Waals surface area contributed by atoms with Gasteiger partial charge in [0.15, 0.2) is 0 Å². The van der Waals surface area contributed by atoms with Crippen LogP contribution >= 0.6 is 0 Å². The lowest BCUT2D eigenvalue weighted by Gasteiger charge is -2.29. The van der Waals surface area contributed by atoms with Crippen LogP contribution in [0.4, 0.5) is 9.59 Å². The first-order valence-electron chi connectivity index (χ1n) is 6.97. The van der Waals surface area contributed by atoms with Gasteiger partial charge in [0.25, 0.3) is 0 Å². The second-order valence-corrected chi connectivity index (χ2v) is 6.98. The van der Waals surface area contributed by atoms with Crippen molar-refractivity contribution < 1.29 is 19.1 Å². The minimum atomic E-state index is -0.556. The highest BCUT2D eigenvalue weighted by molar-refractivity contribution is 5.72. The molecule has 20 heavy (non-hydrogen) atoms. The van der Waals surface area contributed by atoms with E-state index in [-0.39, 0.29) is 6.17 Å². The van der Waals surface area contributed by atoms with Crippen molar-refractivity contribution in [1.29, 1.82) is 0 Å². The zero-order valence-electron chi connectivity index (χ0n) is 13.3. The highest BCUT2D eigenvalue weighted by Gasteiger charge is 2.33. The molecule has 1 rings (SSSR count). The standard InChI is InChI=1S/C14H26N2O4/c1-13(2,3)19-11(17)15-10-8-7-9-16(10)12(18)20-14(4,5)6/h10H,7-9H2,1-6H3,(H,15,17)/t10-/m0/s1. The summed E-state index contributed by atoms with van der Waals surface area (Å²) in [5.41, 5.74) is -1.10. The molecule has 0 aromatic heterocycles. The number of rotatable bonds is 1. The van der Waals surface area contributed by atoms with Gasteiger partial charge in [-0.1, -0.05) is 0 Å². The van der Waals surface area contributed by atoms with E-state index in [1.165, 1.54) is 4.90 Å². The monoisotopic (exact) mass is 286 g/mol. The van der Waals surface area contributed by atoms with Crippen LogP contribution < -0.4 is 5.32 Å². The molecule has 0 aliphatic carbocycles. The molecule has 0 aromatic rings. The van der Waals surface area contributed by atoms with Gasteiger partial charge in [-0.25, -0.2) is 9.59 Å². The van der Waals surface area contributed by atoms with E-state index < -0.39 is 23.4 Å². The number of amides is 2. The van der Waals surface area contributed by atoms with Crippen molar-refractivity contribution in [2.24, 2.45) is 0 Å². The van der Waals surface area contributed by atoms with E-state index in [0.29, 0.717) is 13.0 Å². The number of carbonyl (C=O) groups is 2. The Hall–Kier alpha value is -1.46. The number of likely N-dealkylation sites (tertiary alicyclic amines) is 1. The molecule has 0 unspecified atom stereocenters. The first-order chi connectivity index (χ1) is 8.98. The van der Waals surface area contributed by atoms with E-state index in [2.05, 4.69) is 5.32 Å². The van der Waals surface area contributed by atoms with Crippen LogP contribution in [0.25, 0.3) is 0 Å². The Bertz CT molecular complexity index is 368. The van der Waals surface area contributed by atoms with Gasteiger partial charge in [-0.15, -0.1) is 0 Å². The summed E-state index contributed by atoms with van der Waals surface area (Å²) < 4.78 is 10.5. The predicted octanol–water partition coefficient (Wildman–Crippen LogP) is 2.87. The van der Waals surface area contributed by atoms with E-state index in [0.717, 1.165) is 6.42 Å². The summed E-state index contributed by atoms with van der Waals surface area (Å²) in [5, 5.41) is 2.72. The van der Waals surface area contributed by atoms with Crippen molar-refractivity contribution in [3.8, 4) is 0 Å². The van der Waals surface area contributed by atoms with Gasteiger partial charge in [-0.05, 0) is 54.4 Å². The van der Waals surface area contributed by atoms with Crippen molar-refractivity contribution in [2.45, 2.75) is 71.8 Å². The first-order valence-corrected chi connectivity index (χ1v) is 6.97. The molecule has 1 N–H and O–H groups in total. The Morgan fingerprint density at radius 2 is 1.60 bits per heavy atom.